The van der Waals surface area contributed by atoms with Crippen molar-refractivity contribution in [1.29, 1.82) is 0 Å². The molecule has 0 spiro atoms. The van der Waals surface area contributed by atoms with Gasteiger partial charge in [-0.1, -0.05) is 11.3 Å². The summed E-state index contributed by atoms with van der Waals surface area (Å²) in [5.74, 6) is -0.152. The van der Waals surface area contributed by atoms with Crippen LogP contribution in [0.5, 0.6) is 0 Å². The Bertz CT molecular complexity index is 437. The molecule has 1 saturated heterocycles. The van der Waals surface area contributed by atoms with E-state index in [0.717, 1.165) is 43.0 Å². The number of hydrogen-bond acceptors (Lipinski definition) is 5. The summed E-state index contributed by atoms with van der Waals surface area (Å²) in [6.45, 7) is 2.32. The van der Waals surface area contributed by atoms with Gasteiger partial charge in [0.25, 0.3) is 0 Å². The molecule has 1 amide bonds. The molecular formula is C11H17N3O3S. The minimum atomic E-state index is -0.152. The number of carbonyl (C=O) groups is 1. The van der Waals surface area contributed by atoms with Gasteiger partial charge in [0.2, 0.25) is 5.91 Å². The second kappa shape index (κ2) is 6.67. The van der Waals surface area contributed by atoms with E-state index in [-0.39, 0.29) is 23.5 Å². The number of piperidine rings is 1. The molecule has 2 heterocycles. The molecule has 1 aliphatic rings. The SMILES string of the molecule is O=C(COC1CCNCC1)NCc1csc(=O)[nH]1. The lowest BCUT2D eigenvalue weighted by molar-refractivity contribution is -0.128. The number of H-pyrrole nitrogens is 1. The zero-order valence-corrected chi connectivity index (χ0v) is 10.8. The first-order chi connectivity index (χ1) is 8.74. The van der Waals surface area contributed by atoms with Crippen molar-refractivity contribution in [2.24, 2.45) is 0 Å². The highest BCUT2D eigenvalue weighted by Crippen LogP contribution is 2.06. The maximum absolute atomic E-state index is 11.5. The molecule has 0 aliphatic carbocycles. The highest BCUT2D eigenvalue weighted by molar-refractivity contribution is 7.07. The third-order valence-electron chi connectivity index (χ3n) is 2.78. The lowest BCUT2D eigenvalue weighted by atomic mass is 10.1. The number of rotatable bonds is 5. The van der Waals surface area contributed by atoms with Gasteiger partial charge in [-0.05, 0) is 25.9 Å². The van der Waals surface area contributed by atoms with E-state index in [4.69, 9.17) is 4.74 Å². The topological polar surface area (TPSA) is 83.2 Å². The maximum atomic E-state index is 11.5. The predicted octanol–water partition coefficient (Wildman–Crippen LogP) is -0.179. The number of ether oxygens (including phenoxy) is 1. The largest absolute Gasteiger partial charge is 0.368 e. The summed E-state index contributed by atoms with van der Waals surface area (Å²) in [5.41, 5.74) is 0.722. The predicted molar refractivity (Wildman–Crippen MR) is 68.6 cm³/mol. The normalized spacial score (nSPS) is 16.7. The van der Waals surface area contributed by atoms with E-state index < -0.39 is 0 Å². The summed E-state index contributed by atoms with van der Waals surface area (Å²) < 4.78 is 5.52. The van der Waals surface area contributed by atoms with E-state index in [1.54, 1.807) is 5.38 Å². The third kappa shape index (κ3) is 4.25. The Morgan fingerprint density at radius 2 is 2.28 bits per heavy atom. The number of aromatic nitrogens is 1. The quantitative estimate of drug-likeness (QED) is 0.694. The first-order valence-electron chi connectivity index (χ1n) is 6.00. The Morgan fingerprint density at radius 1 is 1.50 bits per heavy atom. The summed E-state index contributed by atoms with van der Waals surface area (Å²) in [5, 5.41) is 7.65. The highest BCUT2D eigenvalue weighted by atomic mass is 32.1. The van der Waals surface area contributed by atoms with Gasteiger partial charge in [-0.25, -0.2) is 0 Å². The molecule has 0 radical (unpaired) electrons. The van der Waals surface area contributed by atoms with Gasteiger partial charge in [0.1, 0.15) is 6.61 Å². The van der Waals surface area contributed by atoms with Crippen LogP contribution in [0, 0.1) is 0 Å². The Kier molecular flexibility index (Phi) is 4.91. The first-order valence-corrected chi connectivity index (χ1v) is 6.88. The Balaban J connectivity index is 1.64. The molecule has 0 unspecified atom stereocenters. The van der Waals surface area contributed by atoms with Crippen molar-refractivity contribution in [3.05, 3.63) is 20.7 Å². The molecule has 1 aliphatic heterocycles. The fraction of sp³-hybridized carbons (Fsp3) is 0.636. The van der Waals surface area contributed by atoms with E-state index in [9.17, 15) is 9.59 Å². The van der Waals surface area contributed by atoms with Crippen LogP contribution >= 0.6 is 11.3 Å². The summed E-state index contributed by atoms with van der Waals surface area (Å²) in [7, 11) is 0. The van der Waals surface area contributed by atoms with Crippen molar-refractivity contribution in [2.45, 2.75) is 25.5 Å². The Morgan fingerprint density at radius 3 is 2.94 bits per heavy atom. The number of hydrogen-bond donors (Lipinski definition) is 3. The van der Waals surface area contributed by atoms with Crippen molar-refractivity contribution in [3.8, 4) is 0 Å². The fourth-order valence-electron chi connectivity index (χ4n) is 1.80. The van der Waals surface area contributed by atoms with Crippen LogP contribution in [-0.4, -0.2) is 36.7 Å². The van der Waals surface area contributed by atoms with Crippen molar-refractivity contribution in [1.82, 2.24) is 15.6 Å². The number of aromatic amines is 1. The van der Waals surface area contributed by atoms with Crippen LogP contribution in [0.15, 0.2) is 10.2 Å². The lowest BCUT2D eigenvalue weighted by Gasteiger charge is -2.22. The molecule has 18 heavy (non-hydrogen) atoms. The zero-order valence-electron chi connectivity index (χ0n) is 10.0. The third-order valence-corrected chi connectivity index (χ3v) is 3.50. The highest BCUT2D eigenvalue weighted by Gasteiger charge is 2.14. The lowest BCUT2D eigenvalue weighted by Crippen LogP contribution is -2.35. The molecule has 1 aromatic heterocycles. The molecule has 0 atom stereocenters. The molecule has 2 rings (SSSR count). The molecule has 0 saturated carbocycles. The van der Waals surface area contributed by atoms with E-state index >= 15 is 0 Å². The molecular weight excluding hydrogens is 254 g/mol. The zero-order chi connectivity index (χ0) is 12.8. The molecule has 7 heteroatoms. The van der Waals surface area contributed by atoms with Crippen LogP contribution in [0.4, 0.5) is 0 Å². The van der Waals surface area contributed by atoms with Crippen LogP contribution in [0.1, 0.15) is 18.5 Å². The van der Waals surface area contributed by atoms with Crippen molar-refractivity contribution < 1.29 is 9.53 Å². The smallest absolute Gasteiger partial charge is 0.304 e. The van der Waals surface area contributed by atoms with Gasteiger partial charge in [0.05, 0.1) is 12.6 Å². The van der Waals surface area contributed by atoms with Gasteiger partial charge in [0.15, 0.2) is 0 Å². The van der Waals surface area contributed by atoms with E-state index in [1.165, 1.54) is 0 Å². The van der Waals surface area contributed by atoms with Gasteiger partial charge in [-0.3, -0.25) is 9.59 Å². The van der Waals surface area contributed by atoms with Crippen molar-refractivity contribution in [2.75, 3.05) is 19.7 Å². The van der Waals surface area contributed by atoms with Crippen LogP contribution in [-0.2, 0) is 16.1 Å². The van der Waals surface area contributed by atoms with Gasteiger partial charge in [-0.2, -0.15) is 0 Å². The minimum absolute atomic E-state index is 0.0824. The first kappa shape index (κ1) is 13.3. The second-order valence-corrected chi connectivity index (χ2v) is 5.05. The maximum Gasteiger partial charge on any atom is 0.304 e. The van der Waals surface area contributed by atoms with Gasteiger partial charge < -0.3 is 20.4 Å². The Labute approximate surface area is 109 Å². The number of carbonyl (C=O) groups excluding carboxylic acids is 1. The van der Waals surface area contributed by atoms with Crippen LogP contribution in [0.3, 0.4) is 0 Å². The van der Waals surface area contributed by atoms with Crippen LogP contribution in [0.25, 0.3) is 0 Å². The molecule has 1 fully saturated rings. The summed E-state index contributed by atoms with van der Waals surface area (Å²) in [6.07, 6.45) is 2.08. The average Bonchev–Trinajstić information content (AvgIpc) is 2.81. The van der Waals surface area contributed by atoms with E-state index in [0.29, 0.717) is 6.54 Å². The van der Waals surface area contributed by atoms with Crippen LogP contribution < -0.4 is 15.5 Å². The monoisotopic (exact) mass is 271 g/mol. The van der Waals surface area contributed by atoms with E-state index in [1.807, 2.05) is 0 Å². The second-order valence-electron chi connectivity index (χ2n) is 4.21. The number of amides is 1. The minimum Gasteiger partial charge on any atom is -0.368 e. The summed E-state index contributed by atoms with van der Waals surface area (Å²) in [6, 6.07) is 0. The van der Waals surface area contributed by atoms with Crippen LogP contribution in [0.2, 0.25) is 0 Å². The van der Waals surface area contributed by atoms with Gasteiger partial charge in [-0.15, -0.1) is 0 Å². The van der Waals surface area contributed by atoms with Crippen molar-refractivity contribution >= 4 is 17.2 Å². The van der Waals surface area contributed by atoms with Crippen molar-refractivity contribution in [3.63, 3.8) is 0 Å². The fourth-order valence-corrected chi connectivity index (χ4v) is 2.38. The molecule has 6 nitrogen and oxygen atoms in total. The summed E-state index contributed by atoms with van der Waals surface area (Å²) in [4.78, 5) is 24.9. The average molecular weight is 271 g/mol. The molecule has 3 N–H and O–H groups in total. The van der Waals surface area contributed by atoms with Gasteiger partial charge in [0, 0.05) is 11.1 Å². The number of thiazole rings is 1. The molecule has 0 bridgehead atoms. The molecule has 1 aromatic rings. The molecule has 100 valence electrons. The number of nitrogens with one attached hydrogen (secondary N) is 3. The molecule has 0 aromatic carbocycles. The van der Waals surface area contributed by atoms with E-state index in [2.05, 4.69) is 15.6 Å². The van der Waals surface area contributed by atoms with Gasteiger partial charge >= 0.3 is 4.87 Å². The summed E-state index contributed by atoms with van der Waals surface area (Å²) >= 11 is 1.09. The standard InChI is InChI=1S/C11H17N3O3S/c15-10(6-17-9-1-3-12-4-2-9)13-5-8-7-18-11(16)14-8/h7,9,12H,1-6H2,(H,13,15)(H,14,16). The Hall–Kier alpha value is -1.18.